The van der Waals surface area contributed by atoms with E-state index in [1.54, 1.807) is 42.5 Å². The lowest BCUT2D eigenvalue weighted by Gasteiger charge is -2.24. The summed E-state index contributed by atoms with van der Waals surface area (Å²) in [6, 6.07) is 22.3. The monoisotopic (exact) mass is 521 g/mol. The zero-order valence-electron chi connectivity index (χ0n) is 20.8. The first-order valence-electron chi connectivity index (χ1n) is 12.3. The Morgan fingerprint density at radius 2 is 1.73 bits per heavy atom. The Morgan fingerprint density at radius 3 is 2.41 bits per heavy atom. The summed E-state index contributed by atoms with van der Waals surface area (Å²) < 4.78 is 33.5. The van der Waals surface area contributed by atoms with Crippen LogP contribution < -0.4 is 14.4 Å². The van der Waals surface area contributed by atoms with E-state index in [1.807, 2.05) is 36.1 Å². The lowest BCUT2D eigenvalue weighted by atomic mass is 10.1. The average molecular weight is 522 g/mol. The fourth-order valence-corrected chi connectivity index (χ4v) is 5.67. The zero-order valence-corrected chi connectivity index (χ0v) is 21.6. The van der Waals surface area contributed by atoms with Gasteiger partial charge < -0.3 is 15.0 Å². The summed E-state index contributed by atoms with van der Waals surface area (Å²) in [5.41, 5.74) is 2.22. The van der Waals surface area contributed by atoms with E-state index < -0.39 is 15.9 Å². The number of anilines is 1. The van der Waals surface area contributed by atoms with Gasteiger partial charge in [-0.25, -0.2) is 8.42 Å². The van der Waals surface area contributed by atoms with Gasteiger partial charge in [0, 0.05) is 26.1 Å². The highest BCUT2D eigenvalue weighted by Gasteiger charge is 2.27. The second kappa shape index (κ2) is 11.9. The first-order valence-corrected chi connectivity index (χ1v) is 13.7. The van der Waals surface area contributed by atoms with Crippen LogP contribution in [0.2, 0.25) is 0 Å². The molecule has 3 aromatic carbocycles. The lowest BCUT2D eigenvalue weighted by molar-refractivity contribution is -0.128. The van der Waals surface area contributed by atoms with Crippen LogP contribution in [0.5, 0.6) is 5.75 Å². The van der Waals surface area contributed by atoms with Crippen LogP contribution in [-0.2, 0) is 32.7 Å². The molecule has 9 heteroatoms. The molecule has 194 valence electrons. The molecule has 1 fully saturated rings. The second-order valence-electron chi connectivity index (χ2n) is 8.77. The van der Waals surface area contributed by atoms with Gasteiger partial charge >= 0.3 is 0 Å². The summed E-state index contributed by atoms with van der Waals surface area (Å²) in [5.74, 6) is 0.337. The van der Waals surface area contributed by atoms with Crippen molar-refractivity contribution in [3.8, 4) is 5.75 Å². The smallest absolute Gasteiger partial charge is 0.264 e. The van der Waals surface area contributed by atoms with Crippen LogP contribution in [0.1, 0.15) is 30.9 Å². The Labute approximate surface area is 217 Å². The van der Waals surface area contributed by atoms with Crippen LogP contribution in [0.15, 0.2) is 83.8 Å². The summed E-state index contributed by atoms with van der Waals surface area (Å²) in [6.07, 6.45) is 1.47. The van der Waals surface area contributed by atoms with Crippen LogP contribution in [0.25, 0.3) is 0 Å². The van der Waals surface area contributed by atoms with Gasteiger partial charge in [0.15, 0.2) is 0 Å². The quantitative estimate of drug-likeness (QED) is 0.415. The molecule has 0 radical (unpaired) electrons. The highest BCUT2D eigenvalue weighted by atomic mass is 32.2. The molecular formula is C28H31N3O5S. The molecule has 0 aliphatic carbocycles. The maximum atomic E-state index is 13.5. The molecule has 8 nitrogen and oxygen atoms in total. The van der Waals surface area contributed by atoms with Crippen LogP contribution >= 0.6 is 0 Å². The number of nitrogens with zero attached hydrogens (tertiary/aromatic N) is 2. The van der Waals surface area contributed by atoms with Crippen molar-refractivity contribution < 1.29 is 22.7 Å². The number of carbonyl (C=O) groups is 2. The Kier molecular flexibility index (Phi) is 8.45. The molecule has 1 aliphatic rings. The van der Waals surface area contributed by atoms with Gasteiger partial charge in [0.25, 0.3) is 10.0 Å². The topological polar surface area (TPSA) is 96.0 Å². The molecule has 0 atom stereocenters. The molecule has 0 unspecified atom stereocenters. The van der Waals surface area contributed by atoms with Gasteiger partial charge in [0.05, 0.1) is 17.2 Å². The number of nitrogens with one attached hydrogen (secondary N) is 1. The van der Waals surface area contributed by atoms with Crippen LogP contribution in [0, 0.1) is 0 Å². The van der Waals surface area contributed by atoms with E-state index in [4.69, 9.17) is 4.74 Å². The molecule has 0 spiro atoms. The maximum absolute atomic E-state index is 13.5. The number of benzene rings is 3. The fraction of sp³-hybridized carbons (Fsp3) is 0.286. The Balaban J connectivity index is 1.47. The Morgan fingerprint density at radius 1 is 1.00 bits per heavy atom. The number of hydrogen-bond donors (Lipinski definition) is 1. The molecule has 3 aromatic rings. The normalized spacial score (nSPS) is 13.4. The minimum Gasteiger partial charge on any atom is -0.494 e. The third-order valence-electron chi connectivity index (χ3n) is 6.08. The van der Waals surface area contributed by atoms with E-state index in [0.29, 0.717) is 31.0 Å². The standard InChI is InChI=1S/C28H31N3O5S/c1-2-36-25-15-13-24(14-16-25)31(37(34,35)26-10-4-3-5-11-26)21-27(32)29-19-22-8-6-9-23(18-22)20-30-17-7-12-28(30)33/h3-6,8-11,13-16,18H,2,7,12,17,19-21H2,1H3,(H,29,32). The average Bonchev–Trinajstić information content (AvgIpc) is 3.31. The molecule has 1 aliphatic heterocycles. The van der Waals surface area contributed by atoms with Gasteiger partial charge in [-0.2, -0.15) is 0 Å². The van der Waals surface area contributed by atoms with E-state index in [-0.39, 0.29) is 23.9 Å². The minimum atomic E-state index is -3.99. The number of carbonyl (C=O) groups excluding carboxylic acids is 2. The highest BCUT2D eigenvalue weighted by Crippen LogP contribution is 2.26. The number of hydrogen-bond acceptors (Lipinski definition) is 5. The third-order valence-corrected chi connectivity index (χ3v) is 7.87. The number of amides is 2. The van der Waals surface area contributed by atoms with Crippen molar-refractivity contribution in [1.82, 2.24) is 10.2 Å². The molecule has 1 saturated heterocycles. The van der Waals surface area contributed by atoms with Crippen molar-refractivity contribution in [3.05, 3.63) is 90.0 Å². The Bertz CT molecular complexity index is 1330. The van der Waals surface area contributed by atoms with Crippen molar-refractivity contribution in [2.45, 2.75) is 37.8 Å². The van der Waals surface area contributed by atoms with Gasteiger partial charge in [0.2, 0.25) is 11.8 Å². The van der Waals surface area contributed by atoms with E-state index in [1.165, 1.54) is 12.1 Å². The first kappa shape index (κ1) is 26.2. The predicted molar refractivity (Wildman–Crippen MR) is 142 cm³/mol. The number of likely N-dealkylation sites (tertiary alicyclic amines) is 1. The van der Waals surface area contributed by atoms with Crippen LogP contribution in [0.4, 0.5) is 5.69 Å². The molecule has 0 aromatic heterocycles. The summed E-state index contributed by atoms with van der Waals surface area (Å²) >= 11 is 0. The number of rotatable bonds is 11. The number of sulfonamides is 1. The van der Waals surface area contributed by atoms with E-state index in [0.717, 1.165) is 28.4 Å². The molecule has 2 amide bonds. The summed E-state index contributed by atoms with van der Waals surface area (Å²) in [4.78, 5) is 26.8. The molecule has 1 heterocycles. The van der Waals surface area contributed by atoms with Crippen molar-refractivity contribution in [1.29, 1.82) is 0 Å². The van der Waals surface area contributed by atoms with Gasteiger partial charge in [-0.3, -0.25) is 13.9 Å². The maximum Gasteiger partial charge on any atom is 0.264 e. The van der Waals surface area contributed by atoms with Gasteiger partial charge in [-0.05, 0) is 60.9 Å². The lowest BCUT2D eigenvalue weighted by Crippen LogP contribution is -2.40. The van der Waals surface area contributed by atoms with Crippen molar-refractivity contribution in [2.24, 2.45) is 0 Å². The van der Waals surface area contributed by atoms with Crippen molar-refractivity contribution in [2.75, 3.05) is 24.0 Å². The Hall–Kier alpha value is -3.85. The molecule has 0 bridgehead atoms. The first-order chi connectivity index (χ1) is 17.9. The van der Waals surface area contributed by atoms with E-state index in [9.17, 15) is 18.0 Å². The summed E-state index contributed by atoms with van der Waals surface area (Å²) in [6.45, 7) is 3.52. The zero-order chi connectivity index (χ0) is 26.3. The minimum absolute atomic E-state index is 0.0980. The van der Waals surface area contributed by atoms with Crippen LogP contribution in [-0.4, -0.2) is 44.8 Å². The molecule has 1 N–H and O–H groups in total. The SMILES string of the molecule is CCOc1ccc(N(CC(=O)NCc2cccc(CN3CCCC3=O)c2)S(=O)(=O)c2ccccc2)cc1. The van der Waals surface area contributed by atoms with Crippen molar-refractivity contribution >= 4 is 27.5 Å². The van der Waals surface area contributed by atoms with E-state index in [2.05, 4.69) is 5.32 Å². The predicted octanol–water partition coefficient (Wildman–Crippen LogP) is 3.72. The van der Waals surface area contributed by atoms with E-state index >= 15 is 0 Å². The molecular weight excluding hydrogens is 490 g/mol. The van der Waals surface area contributed by atoms with Gasteiger partial charge in [-0.15, -0.1) is 0 Å². The molecule has 0 saturated carbocycles. The molecule has 37 heavy (non-hydrogen) atoms. The second-order valence-corrected chi connectivity index (χ2v) is 10.6. The number of ether oxygens (including phenoxy) is 1. The van der Waals surface area contributed by atoms with Crippen molar-refractivity contribution in [3.63, 3.8) is 0 Å². The third kappa shape index (κ3) is 6.68. The fourth-order valence-electron chi connectivity index (χ4n) is 4.23. The summed E-state index contributed by atoms with van der Waals surface area (Å²) in [5, 5.41) is 2.83. The van der Waals surface area contributed by atoms with Crippen LogP contribution in [0.3, 0.4) is 0 Å². The highest BCUT2D eigenvalue weighted by molar-refractivity contribution is 7.92. The summed E-state index contributed by atoms with van der Waals surface area (Å²) in [7, 11) is -3.99. The van der Waals surface area contributed by atoms with Gasteiger partial charge in [0.1, 0.15) is 12.3 Å². The van der Waals surface area contributed by atoms with Gasteiger partial charge in [-0.1, -0.05) is 42.5 Å². The largest absolute Gasteiger partial charge is 0.494 e. The molecule has 4 rings (SSSR count).